The number of hydrogen-bond acceptors (Lipinski definition) is 4. The third-order valence-corrected chi connectivity index (χ3v) is 4.43. The predicted octanol–water partition coefficient (Wildman–Crippen LogP) is 2.96. The van der Waals surface area contributed by atoms with E-state index >= 15 is 0 Å². The zero-order chi connectivity index (χ0) is 17.8. The van der Waals surface area contributed by atoms with Crippen LogP contribution in [-0.4, -0.2) is 41.8 Å². The lowest BCUT2D eigenvalue weighted by molar-refractivity contribution is 0.102. The molecule has 2 aromatic carbocycles. The Morgan fingerprint density at radius 3 is 2.54 bits per heavy atom. The molecule has 3 aromatic rings. The van der Waals surface area contributed by atoms with Gasteiger partial charge in [0.1, 0.15) is 0 Å². The van der Waals surface area contributed by atoms with E-state index < -0.39 is 0 Å². The fraction of sp³-hybridized carbons (Fsp3) is 0.200. The predicted molar refractivity (Wildman–Crippen MR) is 101 cm³/mol. The summed E-state index contributed by atoms with van der Waals surface area (Å²) < 4.78 is 7.33. The van der Waals surface area contributed by atoms with Gasteiger partial charge in [-0.2, -0.15) is 0 Å². The molecule has 0 atom stereocenters. The Hall–Kier alpha value is -3.12. The average Bonchev–Trinajstić information content (AvgIpc) is 3.24. The van der Waals surface area contributed by atoms with Gasteiger partial charge >= 0.3 is 0 Å². The lowest BCUT2D eigenvalue weighted by Crippen LogP contribution is -2.37. The summed E-state index contributed by atoms with van der Waals surface area (Å²) in [6.45, 7) is 2.96. The number of nitrogens with zero attached hydrogens (tertiary/aromatic N) is 3. The second kappa shape index (κ2) is 7.41. The largest absolute Gasteiger partial charge is 0.378 e. The summed E-state index contributed by atoms with van der Waals surface area (Å²) in [5.74, 6) is -0.109. The first kappa shape index (κ1) is 16.4. The van der Waals surface area contributed by atoms with Crippen LogP contribution < -0.4 is 10.2 Å². The number of carbonyl (C=O) groups is 1. The van der Waals surface area contributed by atoms with E-state index in [1.54, 1.807) is 12.5 Å². The zero-order valence-corrected chi connectivity index (χ0v) is 14.3. The van der Waals surface area contributed by atoms with Crippen molar-refractivity contribution in [1.29, 1.82) is 0 Å². The highest BCUT2D eigenvalue weighted by Gasteiger charge is 2.18. The molecule has 1 N–H and O–H groups in total. The van der Waals surface area contributed by atoms with Crippen molar-refractivity contribution in [2.24, 2.45) is 0 Å². The highest BCUT2D eigenvalue weighted by molar-refractivity contribution is 6.08. The van der Waals surface area contributed by atoms with Crippen LogP contribution in [0, 0.1) is 0 Å². The number of para-hydroxylation sites is 1. The van der Waals surface area contributed by atoms with Crippen molar-refractivity contribution in [2.45, 2.75) is 0 Å². The van der Waals surface area contributed by atoms with Gasteiger partial charge in [0.05, 0.1) is 25.1 Å². The Kier molecular flexibility index (Phi) is 4.66. The van der Waals surface area contributed by atoms with Gasteiger partial charge in [0.15, 0.2) is 0 Å². The molecule has 26 heavy (non-hydrogen) atoms. The van der Waals surface area contributed by atoms with Crippen molar-refractivity contribution in [3.05, 3.63) is 72.8 Å². The Morgan fingerprint density at radius 2 is 1.81 bits per heavy atom. The number of benzene rings is 2. The molecule has 4 rings (SSSR count). The highest BCUT2D eigenvalue weighted by Crippen LogP contribution is 2.23. The van der Waals surface area contributed by atoms with E-state index in [9.17, 15) is 4.79 Å². The highest BCUT2D eigenvalue weighted by atomic mass is 16.5. The number of aromatic nitrogens is 2. The molecule has 132 valence electrons. The molecule has 0 unspecified atom stereocenters. The summed E-state index contributed by atoms with van der Waals surface area (Å²) in [6.07, 6.45) is 5.36. The molecule has 0 saturated carbocycles. The molecule has 6 nitrogen and oxygen atoms in total. The third kappa shape index (κ3) is 3.45. The molecule has 0 bridgehead atoms. The lowest BCUT2D eigenvalue weighted by Gasteiger charge is -2.30. The first-order valence-electron chi connectivity index (χ1n) is 8.63. The van der Waals surface area contributed by atoms with Gasteiger partial charge in [-0.25, -0.2) is 4.98 Å². The second-order valence-corrected chi connectivity index (χ2v) is 6.09. The van der Waals surface area contributed by atoms with Crippen LogP contribution in [0.2, 0.25) is 0 Å². The van der Waals surface area contributed by atoms with E-state index in [4.69, 9.17) is 4.74 Å². The zero-order valence-electron chi connectivity index (χ0n) is 14.3. The molecule has 1 aliphatic rings. The van der Waals surface area contributed by atoms with Gasteiger partial charge in [0.2, 0.25) is 0 Å². The van der Waals surface area contributed by atoms with Crippen LogP contribution in [0.5, 0.6) is 0 Å². The molecule has 0 spiro atoms. The normalized spacial score (nSPS) is 14.2. The fourth-order valence-corrected chi connectivity index (χ4v) is 3.07. The molecular weight excluding hydrogens is 328 g/mol. The molecule has 1 amide bonds. The van der Waals surface area contributed by atoms with Crippen LogP contribution in [0.15, 0.2) is 67.3 Å². The summed E-state index contributed by atoms with van der Waals surface area (Å²) in [4.78, 5) is 19.0. The number of imidazole rings is 1. The Morgan fingerprint density at radius 1 is 1.04 bits per heavy atom. The van der Waals surface area contributed by atoms with E-state index in [0.717, 1.165) is 30.2 Å². The van der Waals surface area contributed by atoms with E-state index in [1.807, 2.05) is 59.3 Å². The first-order chi connectivity index (χ1) is 12.8. The number of carbonyl (C=O) groups excluding carboxylic acids is 1. The van der Waals surface area contributed by atoms with Crippen LogP contribution in [-0.2, 0) is 4.74 Å². The van der Waals surface area contributed by atoms with Crippen LogP contribution in [0.1, 0.15) is 10.4 Å². The minimum absolute atomic E-state index is 0.109. The van der Waals surface area contributed by atoms with Crippen LogP contribution in [0.3, 0.4) is 0 Å². The summed E-state index contributed by atoms with van der Waals surface area (Å²) in [5.41, 5.74) is 3.38. The molecule has 2 heterocycles. The van der Waals surface area contributed by atoms with Gasteiger partial charge in [-0.15, -0.1) is 0 Å². The topological polar surface area (TPSA) is 59.4 Å². The fourth-order valence-electron chi connectivity index (χ4n) is 3.07. The second-order valence-electron chi connectivity index (χ2n) is 6.09. The third-order valence-electron chi connectivity index (χ3n) is 4.43. The number of morpholine rings is 1. The van der Waals surface area contributed by atoms with E-state index in [-0.39, 0.29) is 5.91 Å². The monoisotopic (exact) mass is 348 g/mol. The van der Waals surface area contributed by atoms with E-state index in [2.05, 4.69) is 15.2 Å². The minimum Gasteiger partial charge on any atom is -0.378 e. The molecule has 0 radical (unpaired) electrons. The lowest BCUT2D eigenvalue weighted by atomic mass is 10.1. The Labute approximate surface area is 152 Å². The Balaban J connectivity index is 1.51. The van der Waals surface area contributed by atoms with Gasteiger partial charge in [-0.05, 0) is 36.4 Å². The molecule has 1 aromatic heterocycles. The number of anilines is 2. The van der Waals surface area contributed by atoms with Crippen molar-refractivity contribution in [2.75, 3.05) is 36.5 Å². The Bertz CT molecular complexity index is 869. The van der Waals surface area contributed by atoms with Gasteiger partial charge in [-0.3, -0.25) is 4.79 Å². The maximum absolute atomic E-state index is 12.8. The number of amides is 1. The summed E-state index contributed by atoms with van der Waals surface area (Å²) in [7, 11) is 0. The first-order valence-corrected chi connectivity index (χ1v) is 8.63. The SMILES string of the molecule is O=C(Nc1ccc(-n2ccnc2)cc1)c1ccccc1N1CCOCC1. The van der Waals surface area contributed by atoms with Gasteiger partial charge in [-0.1, -0.05) is 12.1 Å². The van der Waals surface area contributed by atoms with Crippen molar-refractivity contribution >= 4 is 17.3 Å². The molecule has 1 fully saturated rings. The van der Waals surface area contributed by atoms with Gasteiger partial charge in [0.25, 0.3) is 5.91 Å². The molecular formula is C20H20N4O2. The summed E-state index contributed by atoms with van der Waals surface area (Å²) in [5, 5.41) is 2.99. The standard InChI is InChI=1S/C20H20N4O2/c25-20(18-3-1-2-4-19(18)23-11-13-26-14-12-23)22-16-5-7-17(8-6-16)24-10-9-21-15-24/h1-10,15H,11-14H2,(H,22,25). The van der Waals surface area contributed by atoms with Gasteiger partial charge in [0, 0.05) is 42.5 Å². The van der Waals surface area contributed by atoms with Crippen molar-refractivity contribution in [3.8, 4) is 5.69 Å². The maximum atomic E-state index is 12.8. The molecule has 1 aliphatic heterocycles. The van der Waals surface area contributed by atoms with Gasteiger partial charge < -0.3 is 19.5 Å². The van der Waals surface area contributed by atoms with Crippen molar-refractivity contribution < 1.29 is 9.53 Å². The molecule has 6 heteroatoms. The number of nitrogens with one attached hydrogen (secondary N) is 1. The summed E-state index contributed by atoms with van der Waals surface area (Å²) in [6, 6.07) is 15.4. The minimum atomic E-state index is -0.109. The molecule has 1 saturated heterocycles. The van der Waals surface area contributed by atoms with Crippen molar-refractivity contribution in [1.82, 2.24) is 9.55 Å². The quantitative estimate of drug-likeness (QED) is 0.787. The van der Waals surface area contributed by atoms with Crippen molar-refractivity contribution in [3.63, 3.8) is 0 Å². The van der Waals surface area contributed by atoms with Crippen LogP contribution in [0.4, 0.5) is 11.4 Å². The van der Waals surface area contributed by atoms with E-state index in [1.165, 1.54) is 0 Å². The van der Waals surface area contributed by atoms with Crippen LogP contribution in [0.25, 0.3) is 5.69 Å². The number of rotatable bonds is 4. The van der Waals surface area contributed by atoms with Crippen LogP contribution >= 0.6 is 0 Å². The maximum Gasteiger partial charge on any atom is 0.257 e. The average molecular weight is 348 g/mol. The summed E-state index contributed by atoms with van der Waals surface area (Å²) >= 11 is 0. The smallest absolute Gasteiger partial charge is 0.257 e. The molecule has 0 aliphatic carbocycles. The number of ether oxygens (including phenoxy) is 1. The number of hydrogen-bond donors (Lipinski definition) is 1. The van der Waals surface area contributed by atoms with E-state index in [0.29, 0.717) is 18.8 Å².